The van der Waals surface area contributed by atoms with Gasteiger partial charge in [0.2, 0.25) is 5.91 Å². The van der Waals surface area contributed by atoms with Crippen LogP contribution in [-0.4, -0.2) is 32.7 Å². The van der Waals surface area contributed by atoms with Crippen molar-refractivity contribution in [2.24, 2.45) is 0 Å². The fourth-order valence-corrected chi connectivity index (χ4v) is 5.09. The molecular formula is C32H35FN4O2S. The molecule has 0 aliphatic carbocycles. The minimum atomic E-state index is -0.520. The fourth-order valence-electron chi connectivity index (χ4n) is 5.09. The van der Waals surface area contributed by atoms with Crippen LogP contribution in [0.1, 0.15) is 49.1 Å². The molecule has 1 N–H and O–H groups in total. The average Bonchev–Trinajstić information content (AvgIpc) is 3.31. The number of halogens is 1. The number of amides is 1. The van der Waals surface area contributed by atoms with Crippen molar-refractivity contribution in [1.29, 1.82) is 0 Å². The fraction of sp³-hybridized carbons (Fsp3) is 0.281. The first-order chi connectivity index (χ1) is 18.9. The summed E-state index contributed by atoms with van der Waals surface area (Å²) in [5.74, 6) is 0.767. The van der Waals surface area contributed by atoms with E-state index in [1.165, 1.54) is 12.1 Å². The van der Waals surface area contributed by atoms with Crippen LogP contribution in [0, 0.1) is 12.7 Å². The maximum absolute atomic E-state index is 13.8. The standard InChI is InChI=1S/C32H33FN4O2.H2S/c1-3-7-27(38)20-28(23-8-5-4-6-9-23)32(39)36-18-19-37-29(21-36)35-30(24-12-14-25(33)15-13-24)31(37)34-26-16-10-22(2)11-17-26;/h4-6,8-17,28,34H,3,7,18-21H2,1-2H3;1H2/t28-;/m0./s1. The number of carbonyl (C=O) groups is 2. The average molecular weight is 559 g/mol. The Balaban J connectivity index is 0.00000370. The molecule has 4 aromatic rings. The number of aromatic nitrogens is 2. The second kappa shape index (κ2) is 13.0. The predicted octanol–water partition coefficient (Wildman–Crippen LogP) is 6.74. The third kappa shape index (κ3) is 6.45. The maximum atomic E-state index is 13.8. The Kier molecular flexibility index (Phi) is 9.42. The van der Waals surface area contributed by atoms with E-state index in [0.717, 1.165) is 40.4 Å². The highest BCUT2D eigenvalue weighted by Crippen LogP contribution is 2.34. The van der Waals surface area contributed by atoms with E-state index in [1.54, 1.807) is 12.1 Å². The summed E-state index contributed by atoms with van der Waals surface area (Å²) in [4.78, 5) is 33.2. The third-order valence-corrected chi connectivity index (χ3v) is 7.18. The molecule has 0 unspecified atom stereocenters. The Hall–Kier alpha value is -3.91. The number of nitrogens with zero attached hydrogens (tertiary/aromatic N) is 3. The summed E-state index contributed by atoms with van der Waals surface area (Å²) >= 11 is 0. The number of aryl methyl sites for hydroxylation is 1. The first-order valence-electron chi connectivity index (χ1n) is 13.5. The Bertz CT molecular complexity index is 1450. The largest absolute Gasteiger partial charge is 0.340 e. The van der Waals surface area contributed by atoms with E-state index in [0.29, 0.717) is 31.7 Å². The van der Waals surface area contributed by atoms with Crippen LogP contribution in [0.25, 0.3) is 11.3 Å². The summed E-state index contributed by atoms with van der Waals surface area (Å²) in [6.45, 7) is 5.39. The molecule has 1 aliphatic rings. The number of rotatable bonds is 9. The number of hydrogen-bond donors (Lipinski definition) is 1. The first-order valence-corrected chi connectivity index (χ1v) is 13.5. The highest BCUT2D eigenvalue weighted by Gasteiger charge is 2.32. The second-order valence-electron chi connectivity index (χ2n) is 10.1. The van der Waals surface area contributed by atoms with Gasteiger partial charge in [-0.1, -0.05) is 55.0 Å². The molecule has 8 heteroatoms. The molecule has 0 spiro atoms. The maximum Gasteiger partial charge on any atom is 0.231 e. The number of ketones is 1. The molecule has 1 aromatic heterocycles. The summed E-state index contributed by atoms with van der Waals surface area (Å²) in [6, 6.07) is 24.0. The molecule has 1 aliphatic heterocycles. The van der Waals surface area contributed by atoms with E-state index in [-0.39, 0.29) is 37.4 Å². The van der Waals surface area contributed by atoms with Crippen LogP contribution >= 0.6 is 13.5 Å². The Morgan fingerprint density at radius 1 is 0.975 bits per heavy atom. The van der Waals surface area contributed by atoms with Crippen LogP contribution in [-0.2, 0) is 22.7 Å². The Morgan fingerprint density at radius 3 is 2.35 bits per heavy atom. The number of imidazole rings is 1. The zero-order valence-electron chi connectivity index (χ0n) is 22.9. The van der Waals surface area contributed by atoms with Gasteiger partial charge in [0.15, 0.2) is 0 Å². The smallest absolute Gasteiger partial charge is 0.231 e. The lowest BCUT2D eigenvalue weighted by molar-refractivity contribution is -0.136. The zero-order chi connectivity index (χ0) is 27.4. The molecule has 3 aromatic carbocycles. The van der Waals surface area contributed by atoms with Gasteiger partial charge >= 0.3 is 0 Å². The molecule has 6 nitrogen and oxygen atoms in total. The summed E-state index contributed by atoms with van der Waals surface area (Å²) in [5.41, 5.74) is 4.43. The van der Waals surface area contributed by atoms with Crippen LogP contribution < -0.4 is 5.32 Å². The van der Waals surface area contributed by atoms with Crippen molar-refractivity contribution in [3.05, 3.63) is 102 Å². The monoisotopic (exact) mass is 558 g/mol. The van der Waals surface area contributed by atoms with Gasteiger partial charge in [-0.2, -0.15) is 13.5 Å². The van der Waals surface area contributed by atoms with Crippen molar-refractivity contribution < 1.29 is 14.0 Å². The van der Waals surface area contributed by atoms with E-state index in [1.807, 2.05) is 73.3 Å². The molecule has 2 heterocycles. The minimum Gasteiger partial charge on any atom is -0.340 e. The first kappa shape index (κ1) is 29.1. The van der Waals surface area contributed by atoms with Gasteiger partial charge in [0, 0.05) is 37.2 Å². The zero-order valence-corrected chi connectivity index (χ0v) is 23.9. The summed E-state index contributed by atoms with van der Waals surface area (Å²) in [5, 5.41) is 3.51. The highest BCUT2D eigenvalue weighted by atomic mass is 32.1. The molecule has 1 amide bonds. The van der Waals surface area contributed by atoms with Gasteiger partial charge in [0.05, 0.1) is 12.5 Å². The molecule has 0 fully saturated rings. The van der Waals surface area contributed by atoms with Crippen LogP contribution in [0.3, 0.4) is 0 Å². The van der Waals surface area contributed by atoms with Crippen LogP contribution in [0.4, 0.5) is 15.9 Å². The number of anilines is 2. The van der Waals surface area contributed by atoms with Crippen LogP contribution in [0.15, 0.2) is 78.9 Å². The van der Waals surface area contributed by atoms with Gasteiger partial charge in [-0.15, -0.1) is 0 Å². The second-order valence-corrected chi connectivity index (χ2v) is 10.1. The number of fused-ring (bicyclic) bond motifs is 1. The normalized spacial score (nSPS) is 13.2. The van der Waals surface area contributed by atoms with Crippen molar-refractivity contribution >= 4 is 36.7 Å². The SMILES string of the molecule is CCCC(=O)C[C@H](C(=O)N1CCn2c(nc(-c3ccc(F)cc3)c2Nc2ccc(C)cc2)C1)c1ccccc1.S. The Labute approximate surface area is 241 Å². The number of nitrogens with one attached hydrogen (secondary N) is 1. The van der Waals surface area contributed by atoms with Gasteiger partial charge in [-0.05, 0) is 55.3 Å². The number of carbonyl (C=O) groups excluding carboxylic acids is 2. The number of Topliss-reactive ketones (excluding diaryl/α,β-unsaturated/α-hetero) is 1. The highest BCUT2D eigenvalue weighted by molar-refractivity contribution is 7.59. The topological polar surface area (TPSA) is 67.2 Å². The molecular weight excluding hydrogens is 523 g/mol. The van der Waals surface area contributed by atoms with Crippen molar-refractivity contribution in [1.82, 2.24) is 14.5 Å². The number of hydrogen-bond acceptors (Lipinski definition) is 4. The molecule has 0 saturated carbocycles. The van der Waals surface area contributed by atoms with Gasteiger partial charge in [-0.3, -0.25) is 9.59 Å². The van der Waals surface area contributed by atoms with Gasteiger partial charge in [0.25, 0.3) is 0 Å². The van der Waals surface area contributed by atoms with Crippen LogP contribution in [0.2, 0.25) is 0 Å². The van der Waals surface area contributed by atoms with Crippen molar-refractivity contribution in [3.8, 4) is 11.3 Å². The van der Waals surface area contributed by atoms with Crippen molar-refractivity contribution in [2.75, 3.05) is 11.9 Å². The summed E-state index contributed by atoms with van der Waals surface area (Å²) < 4.78 is 15.8. The molecule has 0 radical (unpaired) electrons. The molecule has 0 saturated heterocycles. The lowest BCUT2D eigenvalue weighted by Crippen LogP contribution is -2.41. The predicted molar refractivity (Wildman–Crippen MR) is 162 cm³/mol. The van der Waals surface area contributed by atoms with E-state index in [4.69, 9.17) is 4.98 Å². The quantitative estimate of drug-likeness (QED) is 0.247. The summed E-state index contributed by atoms with van der Waals surface area (Å²) in [7, 11) is 0. The van der Waals surface area contributed by atoms with E-state index in [2.05, 4.69) is 9.88 Å². The third-order valence-electron chi connectivity index (χ3n) is 7.18. The molecule has 0 bridgehead atoms. The molecule has 40 heavy (non-hydrogen) atoms. The van der Waals surface area contributed by atoms with Crippen LogP contribution in [0.5, 0.6) is 0 Å². The molecule has 208 valence electrons. The molecule has 5 rings (SSSR count). The molecule has 1 atom stereocenters. The lowest BCUT2D eigenvalue weighted by atomic mass is 9.91. The van der Waals surface area contributed by atoms with Gasteiger partial charge in [0.1, 0.15) is 28.9 Å². The summed E-state index contributed by atoms with van der Waals surface area (Å²) in [6.07, 6.45) is 1.43. The number of benzene rings is 3. The lowest BCUT2D eigenvalue weighted by Gasteiger charge is -2.31. The van der Waals surface area contributed by atoms with E-state index < -0.39 is 5.92 Å². The van der Waals surface area contributed by atoms with Gasteiger partial charge < -0.3 is 14.8 Å². The van der Waals surface area contributed by atoms with E-state index in [9.17, 15) is 14.0 Å². The van der Waals surface area contributed by atoms with E-state index >= 15 is 0 Å². The minimum absolute atomic E-state index is 0. The van der Waals surface area contributed by atoms with Crippen molar-refractivity contribution in [3.63, 3.8) is 0 Å². The van der Waals surface area contributed by atoms with Gasteiger partial charge in [-0.25, -0.2) is 9.37 Å². The van der Waals surface area contributed by atoms with Crippen molar-refractivity contribution in [2.45, 2.75) is 52.1 Å². The Morgan fingerprint density at radius 2 is 1.68 bits per heavy atom.